The lowest BCUT2D eigenvalue weighted by Crippen LogP contribution is -2.17. The number of nitrogens with one attached hydrogen (secondary N) is 1. The number of aryl methyl sites for hydroxylation is 1. The number of fused-ring (bicyclic) bond motifs is 1. The number of carbonyl (C=O) groups excluding carboxylic acids is 1. The van der Waals surface area contributed by atoms with E-state index in [0.717, 1.165) is 17.8 Å². The van der Waals surface area contributed by atoms with Gasteiger partial charge < -0.3 is 5.32 Å². The molecule has 33 heavy (non-hydrogen) atoms. The van der Waals surface area contributed by atoms with Gasteiger partial charge in [-0.3, -0.25) is 9.48 Å². The maximum Gasteiger partial charge on any atom is 0.433 e. The summed E-state index contributed by atoms with van der Waals surface area (Å²) in [6, 6.07) is 9.84. The van der Waals surface area contributed by atoms with Gasteiger partial charge in [-0.2, -0.15) is 28.6 Å². The van der Waals surface area contributed by atoms with Crippen molar-refractivity contribution in [2.24, 2.45) is 7.05 Å². The number of nitrogens with zero attached hydrogens (tertiary/aromatic N) is 6. The molecule has 0 unspecified atom stereocenters. The van der Waals surface area contributed by atoms with Crippen LogP contribution in [0.2, 0.25) is 0 Å². The quantitative estimate of drug-likeness (QED) is 0.494. The molecule has 0 atom stereocenters. The SMILES string of the molecule is CC(C)c1ccc(-c2cc(C(F)(F)F)n3ncc(C(=O)Nc4c(C#N)cnn4C)c3n2)cc1. The van der Waals surface area contributed by atoms with Gasteiger partial charge in [-0.15, -0.1) is 0 Å². The number of amides is 1. The average Bonchev–Trinajstić information content (AvgIpc) is 3.35. The maximum absolute atomic E-state index is 13.8. The molecule has 4 rings (SSSR count). The molecule has 3 aromatic heterocycles. The van der Waals surface area contributed by atoms with Crippen molar-refractivity contribution in [3.63, 3.8) is 0 Å². The highest BCUT2D eigenvalue weighted by Gasteiger charge is 2.36. The van der Waals surface area contributed by atoms with Crippen LogP contribution in [-0.4, -0.2) is 30.3 Å². The molecule has 3 heterocycles. The molecule has 0 bridgehead atoms. The number of hydrogen-bond acceptors (Lipinski definition) is 5. The first-order chi connectivity index (χ1) is 15.6. The van der Waals surface area contributed by atoms with Gasteiger partial charge in [-0.05, 0) is 17.5 Å². The molecule has 1 N–H and O–H groups in total. The molecule has 0 radical (unpaired) electrons. The molecule has 4 aromatic rings. The highest BCUT2D eigenvalue weighted by Crippen LogP contribution is 2.33. The van der Waals surface area contributed by atoms with Crippen LogP contribution in [0.15, 0.2) is 42.7 Å². The van der Waals surface area contributed by atoms with Gasteiger partial charge in [0.25, 0.3) is 5.91 Å². The van der Waals surface area contributed by atoms with Gasteiger partial charge in [-0.1, -0.05) is 38.1 Å². The van der Waals surface area contributed by atoms with Crippen molar-refractivity contribution in [2.75, 3.05) is 5.32 Å². The number of aromatic nitrogens is 5. The zero-order chi connectivity index (χ0) is 23.9. The van der Waals surface area contributed by atoms with Gasteiger partial charge in [0.2, 0.25) is 0 Å². The van der Waals surface area contributed by atoms with Crippen LogP contribution in [0.25, 0.3) is 16.9 Å². The van der Waals surface area contributed by atoms with E-state index >= 15 is 0 Å². The third kappa shape index (κ3) is 4.03. The topological polar surface area (TPSA) is 101 Å². The lowest BCUT2D eigenvalue weighted by Gasteiger charge is -2.12. The molecule has 0 saturated heterocycles. The number of carbonyl (C=O) groups is 1. The summed E-state index contributed by atoms with van der Waals surface area (Å²) in [4.78, 5) is 17.2. The molecule has 0 aliphatic rings. The number of benzene rings is 1. The van der Waals surface area contributed by atoms with Crippen molar-refractivity contribution in [1.29, 1.82) is 5.26 Å². The Balaban J connectivity index is 1.84. The van der Waals surface area contributed by atoms with E-state index in [9.17, 15) is 23.2 Å². The van der Waals surface area contributed by atoms with E-state index in [2.05, 4.69) is 20.5 Å². The second-order valence-corrected chi connectivity index (χ2v) is 7.69. The lowest BCUT2D eigenvalue weighted by molar-refractivity contribution is -0.142. The summed E-state index contributed by atoms with van der Waals surface area (Å²) in [5, 5.41) is 19.3. The minimum Gasteiger partial charge on any atom is -0.305 e. The summed E-state index contributed by atoms with van der Waals surface area (Å²) in [5.74, 6) is -0.396. The number of anilines is 1. The minimum atomic E-state index is -4.73. The number of halogens is 3. The minimum absolute atomic E-state index is 0.0536. The Bertz CT molecular complexity index is 1390. The fourth-order valence-electron chi connectivity index (χ4n) is 3.35. The standard InChI is InChI=1S/C22H18F3N7O/c1-12(2)13-4-6-14(7-5-13)17-8-18(22(23,24)25)32-20(29-17)16(11-28-32)21(33)30-19-15(9-26)10-27-31(19)3/h4-8,10-12H,1-3H3,(H,30,33). The fraction of sp³-hybridized carbons (Fsp3) is 0.227. The van der Waals surface area contributed by atoms with Crippen molar-refractivity contribution in [2.45, 2.75) is 25.9 Å². The number of hydrogen-bond donors (Lipinski definition) is 1. The smallest absolute Gasteiger partial charge is 0.305 e. The van der Waals surface area contributed by atoms with Crippen molar-refractivity contribution in [3.05, 3.63) is 65.1 Å². The van der Waals surface area contributed by atoms with Crippen LogP contribution < -0.4 is 5.32 Å². The summed E-state index contributed by atoms with van der Waals surface area (Å²) >= 11 is 0. The maximum atomic E-state index is 13.8. The van der Waals surface area contributed by atoms with Gasteiger partial charge in [0.1, 0.15) is 23.0 Å². The molecule has 0 spiro atoms. The van der Waals surface area contributed by atoms with Gasteiger partial charge >= 0.3 is 6.18 Å². The molecule has 168 valence electrons. The zero-order valence-corrected chi connectivity index (χ0v) is 17.8. The van der Waals surface area contributed by atoms with Gasteiger partial charge in [0.15, 0.2) is 11.3 Å². The van der Waals surface area contributed by atoms with Crippen LogP contribution in [0.3, 0.4) is 0 Å². The summed E-state index contributed by atoms with van der Waals surface area (Å²) < 4.78 is 43.3. The molecule has 0 aliphatic heterocycles. The van der Waals surface area contributed by atoms with E-state index in [1.807, 2.05) is 32.0 Å². The highest BCUT2D eigenvalue weighted by molar-refractivity contribution is 6.08. The van der Waals surface area contributed by atoms with Crippen molar-refractivity contribution >= 4 is 17.4 Å². The van der Waals surface area contributed by atoms with Gasteiger partial charge in [0.05, 0.1) is 18.1 Å². The molecular weight excluding hydrogens is 435 g/mol. The molecule has 0 fully saturated rings. The molecule has 1 aromatic carbocycles. The molecule has 0 saturated carbocycles. The van der Waals surface area contributed by atoms with Crippen molar-refractivity contribution < 1.29 is 18.0 Å². The fourth-order valence-corrected chi connectivity index (χ4v) is 3.35. The van der Waals surface area contributed by atoms with E-state index < -0.39 is 17.8 Å². The Kier molecular flexibility index (Phi) is 5.37. The summed E-state index contributed by atoms with van der Waals surface area (Å²) in [6.07, 6.45) is -2.45. The second kappa shape index (κ2) is 8.05. The van der Waals surface area contributed by atoms with Crippen LogP contribution >= 0.6 is 0 Å². The Morgan fingerprint density at radius 2 is 1.85 bits per heavy atom. The first-order valence-electron chi connectivity index (χ1n) is 9.90. The molecule has 0 aliphatic carbocycles. The van der Waals surface area contributed by atoms with Gasteiger partial charge in [0, 0.05) is 12.6 Å². The Morgan fingerprint density at radius 1 is 1.15 bits per heavy atom. The van der Waals surface area contributed by atoms with E-state index in [0.29, 0.717) is 10.1 Å². The van der Waals surface area contributed by atoms with E-state index in [4.69, 9.17) is 0 Å². The predicted octanol–water partition coefficient (Wildman–Crippen LogP) is 4.40. The van der Waals surface area contributed by atoms with Crippen molar-refractivity contribution in [1.82, 2.24) is 24.4 Å². The third-order valence-corrected chi connectivity index (χ3v) is 5.17. The monoisotopic (exact) mass is 453 g/mol. The van der Waals surface area contributed by atoms with Crippen molar-refractivity contribution in [3.8, 4) is 17.3 Å². The normalized spacial score (nSPS) is 11.7. The van der Waals surface area contributed by atoms with E-state index in [1.165, 1.54) is 17.9 Å². The van der Waals surface area contributed by atoms with Gasteiger partial charge in [-0.25, -0.2) is 9.50 Å². The van der Waals surface area contributed by atoms with E-state index in [-0.39, 0.29) is 34.2 Å². The van der Waals surface area contributed by atoms with Crippen LogP contribution in [0.1, 0.15) is 46.9 Å². The van der Waals surface area contributed by atoms with Crippen LogP contribution in [0, 0.1) is 11.3 Å². The summed E-state index contributed by atoms with van der Waals surface area (Å²) in [5.41, 5.74) is 0.170. The van der Waals surface area contributed by atoms with Crippen LogP contribution in [0.4, 0.5) is 19.0 Å². The molecule has 1 amide bonds. The number of alkyl halides is 3. The number of nitriles is 1. The highest BCUT2D eigenvalue weighted by atomic mass is 19.4. The second-order valence-electron chi connectivity index (χ2n) is 7.69. The average molecular weight is 453 g/mol. The molecule has 11 heteroatoms. The summed E-state index contributed by atoms with van der Waals surface area (Å²) in [6.45, 7) is 4.02. The lowest BCUT2D eigenvalue weighted by atomic mass is 10.0. The zero-order valence-electron chi connectivity index (χ0n) is 17.8. The first-order valence-corrected chi connectivity index (χ1v) is 9.90. The van der Waals surface area contributed by atoms with Crippen LogP contribution in [0.5, 0.6) is 0 Å². The number of rotatable bonds is 4. The van der Waals surface area contributed by atoms with E-state index in [1.54, 1.807) is 12.1 Å². The molecular formula is C22H18F3N7O. The largest absolute Gasteiger partial charge is 0.433 e. The summed E-state index contributed by atoms with van der Waals surface area (Å²) in [7, 11) is 1.52. The third-order valence-electron chi connectivity index (χ3n) is 5.17. The molecule has 8 nitrogen and oxygen atoms in total. The Morgan fingerprint density at radius 3 is 2.45 bits per heavy atom. The predicted molar refractivity (Wildman–Crippen MR) is 113 cm³/mol. The van der Waals surface area contributed by atoms with Crippen LogP contribution in [-0.2, 0) is 13.2 Å². The Hall–Kier alpha value is -4.20. The first kappa shape index (κ1) is 22.0. The Labute approximate surface area is 186 Å².